The summed E-state index contributed by atoms with van der Waals surface area (Å²) < 4.78 is 25.9. The van der Waals surface area contributed by atoms with Crippen LogP contribution in [0.4, 0.5) is 11.4 Å². The van der Waals surface area contributed by atoms with Crippen molar-refractivity contribution in [3.63, 3.8) is 0 Å². The fourth-order valence-corrected chi connectivity index (χ4v) is 4.83. The van der Waals surface area contributed by atoms with Gasteiger partial charge in [-0.1, -0.05) is 57.0 Å². The second-order valence-corrected chi connectivity index (χ2v) is 9.42. The van der Waals surface area contributed by atoms with Gasteiger partial charge in [-0.3, -0.25) is 4.57 Å². The highest BCUT2D eigenvalue weighted by atomic mass is 31.2. The molecule has 1 atom stereocenters. The minimum atomic E-state index is -3.44. The molecule has 0 bridgehead atoms. The fourth-order valence-electron chi connectivity index (χ4n) is 2.85. The van der Waals surface area contributed by atoms with E-state index in [1.807, 2.05) is 73.6 Å². The number of para-hydroxylation sites is 1. The third-order valence-electron chi connectivity index (χ3n) is 4.66. The van der Waals surface area contributed by atoms with Crippen LogP contribution in [0.1, 0.15) is 50.9 Å². The Hall–Kier alpha value is -1.81. The molecule has 1 N–H and O–H groups in total. The van der Waals surface area contributed by atoms with Crippen LogP contribution in [0.25, 0.3) is 0 Å². The maximum atomic E-state index is 14.0. The molecule has 29 heavy (non-hydrogen) atoms. The summed E-state index contributed by atoms with van der Waals surface area (Å²) in [5.74, 6) is -0.574. The lowest BCUT2D eigenvalue weighted by molar-refractivity contribution is 0.194. The summed E-state index contributed by atoms with van der Waals surface area (Å²) in [5, 5.41) is 3.41. The van der Waals surface area contributed by atoms with Crippen molar-refractivity contribution in [3.8, 4) is 0 Å². The number of benzene rings is 2. The normalized spacial score (nSPS) is 12.6. The molecule has 0 unspecified atom stereocenters. The van der Waals surface area contributed by atoms with Crippen LogP contribution in [0.5, 0.6) is 0 Å². The monoisotopic (exact) mass is 418 g/mol. The zero-order valence-corrected chi connectivity index (χ0v) is 19.0. The Labute approximate surface area is 176 Å². The van der Waals surface area contributed by atoms with E-state index in [9.17, 15) is 4.57 Å². The lowest BCUT2D eigenvalue weighted by atomic mass is 10.2. The summed E-state index contributed by atoms with van der Waals surface area (Å²) in [6.45, 7) is 5.02. The number of nitrogens with zero attached hydrogens (tertiary/aromatic N) is 1. The van der Waals surface area contributed by atoms with Gasteiger partial charge < -0.3 is 19.3 Å². The van der Waals surface area contributed by atoms with Crippen LogP contribution < -0.4 is 10.2 Å². The number of nitrogens with one attached hydrogen (secondary N) is 1. The van der Waals surface area contributed by atoms with Gasteiger partial charge >= 0.3 is 7.60 Å². The molecule has 0 heterocycles. The Kier molecular flexibility index (Phi) is 9.72. The van der Waals surface area contributed by atoms with Gasteiger partial charge in [-0.2, -0.15) is 0 Å². The van der Waals surface area contributed by atoms with Crippen molar-refractivity contribution in [2.75, 3.05) is 37.5 Å². The van der Waals surface area contributed by atoms with Crippen molar-refractivity contribution in [1.29, 1.82) is 0 Å². The van der Waals surface area contributed by atoms with Crippen molar-refractivity contribution >= 4 is 19.0 Å². The third kappa shape index (κ3) is 7.18. The van der Waals surface area contributed by atoms with Crippen LogP contribution in [-0.2, 0) is 13.6 Å². The lowest BCUT2D eigenvalue weighted by Crippen LogP contribution is -2.16. The molecule has 160 valence electrons. The van der Waals surface area contributed by atoms with Crippen molar-refractivity contribution < 1.29 is 13.6 Å². The fraction of sp³-hybridized carbons (Fsp3) is 0.478. The van der Waals surface area contributed by atoms with E-state index in [1.165, 1.54) is 0 Å². The second-order valence-electron chi connectivity index (χ2n) is 7.31. The molecule has 0 radical (unpaired) electrons. The molecule has 2 rings (SSSR count). The van der Waals surface area contributed by atoms with Crippen LogP contribution in [0.2, 0.25) is 0 Å². The molecule has 6 heteroatoms. The molecular formula is C23H35N2O3P. The molecule has 2 aromatic rings. The van der Waals surface area contributed by atoms with Gasteiger partial charge in [0.1, 0.15) is 0 Å². The van der Waals surface area contributed by atoms with Crippen molar-refractivity contribution in [3.05, 3.63) is 60.2 Å². The van der Waals surface area contributed by atoms with Gasteiger partial charge in [-0.15, -0.1) is 0 Å². The molecule has 2 aromatic carbocycles. The average molecular weight is 419 g/mol. The molecule has 0 spiro atoms. The minimum Gasteiger partial charge on any atom is -0.378 e. The van der Waals surface area contributed by atoms with Gasteiger partial charge in [-0.05, 0) is 42.7 Å². The van der Waals surface area contributed by atoms with Crippen LogP contribution in [0, 0.1) is 0 Å². The van der Waals surface area contributed by atoms with E-state index < -0.39 is 13.4 Å². The van der Waals surface area contributed by atoms with E-state index in [1.54, 1.807) is 0 Å². The van der Waals surface area contributed by atoms with Gasteiger partial charge in [0.2, 0.25) is 0 Å². The zero-order valence-electron chi connectivity index (χ0n) is 18.1. The van der Waals surface area contributed by atoms with Gasteiger partial charge in [-0.25, -0.2) is 0 Å². The van der Waals surface area contributed by atoms with E-state index in [0.29, 0.717) is 13.2 Å². The number of hydrogen-bond donors (Lipinski definition) is 1. The van der Waals surface area contributed by atoms with Crippen molar-refractivity contribution in [2.24, 2.45) is 0 Å². The van der Waals surface area contributed by atoms with Gasteiger partial charge in [0, 0.05) is 25.5 Å². The van der Waals surface area contributed by atoms with Crippen LogP contribution in [-0.4, -0.2) is 27.3 Å². The highest BCUT2D eigenvalue weighted by Crippen LogP contribution is 2.61. The first kappa shape index (κ1) is 23.5. The quantitative estimate of drug-likeness (QED) is 0.290. The number of anilines is 2. The molecule has 0 aromatic heterocycles. The maximum absolute atomic E-state index is 14.0. The summed E-state index contributed by atoms with van der Waals surface area (Å²) in [4.78, 5) is 2.04. The summed E-state index contributed by atoms with van der Waals surface area (Å²) >= 11 is 0. The third-order valence-corrected chi connectivity index (χ3v) is 6.80. The summed E-state index contributed by atoms with van der Waals surface area (Å²) in [7, 11) is 0.563. The van der Waals surface area contributed by atoms with E-state index >= 15 is 0 Å². The Morgan fingerprint density at radius 3 is 1.93 bits per heavy atom. The molecule has 0 amide bonds. The first-order valence-corrected chi connectivity index (χ1v) is 12.1. The zero-order chi connectivity index (χ0) is 21.1. The topological polar surface area (TPSA) is 50.8 Å². The van der Waals surface area contributed by atoms with E-state index in [-0.39, 0.29) is 0 Å². The van der Waals surface area contributed by atoms with Crippen molar-refractivity contribution in [1.82, 2.24) is 0 Å². The van der Waals surface area contributed by atoms with E-state index in [2.05, 4.69) is 19.2 Å². The summed E-state index contributed by atoms with van der Waals surface area (Å²) in [6, 6.07) is 17.8. The predicted molar refractivity (Wildman–Crippen MR) is 123 cm³/mol. The molecular weight excluding hydrogens is 383 g/mol. The summed E-state index contributed by atoms with van der Waals surface area (Å²) in [5.41, 5.74) is 2.85. The lowest BCUT2D eigenvalue weighted by Gasteiger charge is -2.29. The maximum Gasteiger partial charge on any atom is 0.357 e. The second kappa shape index (κ2) is 12.0. The number of hydrogen-bond acceptors (Lipinski definition) is 5. The summed E-state index contributed by atoms with van der Waals surface area (Å²) in [6.07, 6.45) is 3.64. The van der Waals surface area contributed by atoms with E-state index in [0.717, 1.165) is 42.6 Å². The first-order valence-electron chi connectivity index (χ1n) is 10.5. The Balaban J connectivity index is 2.38. The molecule has 0 aliphatic rings. The smallest absolute Gasteiger partial charge is 0.357 e. The van der Waals surface area contributed by atoms with Gasteiger partial charge in [0.05, 0.1) is 13.2 Å². The highest BCUT2D eigenvalue weighted by Gasteiger charge is 2.37. The molecule has 0 saturated carbocycles. The van der Waals surface area contributed by atoms with Gasteiger partial charge in [0.15, 0.2) is 5.78 Å². The number of rotatable bonds is 13. The molecule has 0 aliphatic heterocycles. The first-order chi connectivity index (χ1) is 14.0. The predicted octanol–water partition coefficient (Wildman–Crippen LogP) is 6.69. The molecule has 0 aliphatic carbocycles. The highest BCUT2D eigenvalue weighted by molar-refractivity contribution is 7.54. The van der Waals surface area contributed by atoms with Crippen molar-refractivity contribution in [2.45, 2.75) is 45.3 Å². The number of unbranched alkanes of at least 4 members (excludes halogenated alkanes) is 2. The minimum absolute atomic E-state index is 0.419. The van der Waals surface area contributed by atoms with Crippen LogP contribution in [0.3, 0.4) is 0 Å². The van der Waals surface area contributed by atoms with Crippen LogP contribution in [0.15, 0.2) is 54.6 Å². The standard InChI is InChI=1S/C23H35N2O3P/c1-5-7-18-27-29(26,28-19-8-6-2)23(24-21-12-10-9-11-13-21)20-14-16-22(17-15-20)25(3)4/h9-17,23-24H,5-8,18-19H2,1-4H3/t23-/m0/s1. The Morgan fingerprint density at radius 2 is 1.45 bits per heavy atom. The van der Waals surface area contributed by atoms with Crippen LogP contribution >= 0.6 is 7.60 Å². The Morgan fingerprint density at radius 1 is 0.897 bits per heavy atom. The average Bonchev–Trinajstić information content (AvgIpc) is 2.73. The molecule has 0 saturated heterocycles. The Bertz CT molecular complexity index is 736. The van der Waals surface area contributed by atoms with E-state index in [4.69, 9.17) is 9.05 Å². The SMILES string of the molecule is CCCCOP(=O)(OCCCC)[C@H](Nc1ccccc1)c1ccc(N(C)C)cc1. The largest absolute Gasteiger partial charge is 0.378 e. The van der Waals surface area contributed by atoms with Gasteiger partial charge in [0.25, 0.3) is 0 Å². The molecule has 5 nitrogen and oxygen atoms in total. The molecule has 0 fully saturated rings.